The second-order valence-electron chi connectivity index (χ2n) is 18.2. The molecule has 2 saturated carbocycles. The fourth-order valence-corrected chi connectivity index (χ4v) is 9.52. The number of amides is 1. The van der Waals surface area contributed by atoms with E-state index < -0.39 is 112 Å². The highest BCUT2D eigenvalue weighted by atomic mass is 16.6. The lowest BCUT2D eigenvalue weighted by atomic mass is 9.46. The molecule has 1 heterocycles. The maximum atomic E-state index is 15.5. The Morgan fingerprint density at radius 2 is 1.66 bits per heavy atom. The molecule has 1 aromatic rings. The van der Waals surface area contributed by atoms with E-state index in [-0.39, 0.29) is 42.8 Å². The summed E-state index contributed by atoms with van der Waals surface area (Å²) in [6.45, 7) is 17.8. The van der Waals surface area contributed by atoms with E-state index in [9.17, 15) is 34.2 Å². The van der Waals surface area contributed by atoms with Crippen LogP contribution in [0.15, 0.2) is 53.3 Å². The number of carbonyl (C=O) groups excluding carboxylic acids is 6. The van der Waals surface area contributed by atoms with Gasteiger partial charge < -0.3 is 44.0 Å². The fourth-order valence-electron chi connectivity index (χ4n) is 9.52. The Kier molecular flexibility index (Phi) is 13.0. The van der Waals surface area contributed by atoms with E-state index in [1.54, 1.807) is 92.6 Å². The highest BCUT2D eigenvalue weighted by molar-refractivity contribution is 6.02. The van der Waals surface area contributed by atoms with Gasteiger partial charge in [0.1, 0.15) is 23.9 Å². The number of hydrogen-bond acceptors (Lipinski definition) is 14. The third kappa shape index (κ3) is 8.69. The molecule has 15 nitrogen and oxygen atoms in total. The molecule has 2 bridgehead atoms. The SMILES string of the molecule is CCC(=O)OC1=C2C(C)[C@@H](OC(=O)[C@H](O)[C@H](C=C(C)C)NC(=O)OC(C)(C)C)CC([C@@H](OC(=O)c3ccccc3)[C@@H]3[C@]4(OC(C)=O)CO[C@@H]4C[C@H](O)[C@@]3(C)C1=O)C2(C)C. The number of ether oxygens (including phenoxy) is 6. The third-order valence-corrected chi connectivity index (χ3v) is 12.3. The number of hydrogen-bond donors (Lipinski definition) is 3. The van der Waals surface area contributed by atoms with E-state index in [2.05, 4.69) is 5.32 Å². The van der Waals surface area contributed by atoms with Crippen molar-refractivity contribution in [1.29, 1.82) is 0 Å². The Morgan fingerprint density at radius 3 is 2.20 bits per heavy atom. The summed E-state index contributed by atoms with van der Waals surface area (Å²) in [6, 6.07) is 6.89. The van der Waals surface area contributed by atoms with Gasteiger partial charge in [-0.3, -0.25) is 14.4 Å². The topological polar surface area (TPSA) is 210 Å². The fraction of sp³-hybridized carbons (Fsp3) is 0.636. The average Bonchev–Trinajstić information content (AvgIpc) is 3.13. The van der Waals surface area contributed by atoms with Crippen molar-refractivity contribution < 1.29 is 67.4 Å². The van der Waals surface area contributed by atoms with Crippen molar-refractivity contribution in [2.75, 3.05) is 6.61 Å². The van der Waals surface area contributed by atoms with Gasteiger partial charge in [-0.2, -0.15) is 0 Å². The highest BCUT2D eigenvalue weighted by Gasteiger charge is 2.75. The molecule has 3 fully saturated rings. The number of alkyl carbamates (subject to hydrolysis) is 1. The number of allylic oxidation sites excluding steroid dienone is 2. The van der Waals surface area contributed by atoms with Gasteiger partial charge in [0.15, 0.2) is 17.5 Å². The van der Waals surface area contributed by atoms with Crippen LogP contribution in [-0.4, -0.2) is 100 Å². The molecule has 0 aromatic heterocycles. The molecule has 1 saturated heterocycles. The van der Waals surface area contributed by atoms with Crippen LogP contribution in [0.4, 0.5) is 4.79 Å². The van der Waals surface area contributed by atoms with Crippen LogP contribution in [0.1, 0.15) is 106 Å². The molecule has 5 rings (SSSR count). The van der Waals surface area contributed by atoms with E-state index in [0.29, 0.717) is 5.57 Å². The molecule has 4 aliphatic rings. The quantitative estimate of drug-likeness (QED) is 0.163. The Hall–Kier alpha value is -4.60. The lowest BCUT2D eigenvalue weighted by Gasteiger charge is -2.65. The molecule has 1 aromatic carbocycles. The molecule has 11 atom stereocenters. The van der Waals surface area contributed by atoms with Crippen LogP contribution < -0.4 is 5.32 Å². The molecule has 0 radical (unpaired) electrons. The second-order valence-corrected chi connectivity index (χ2v) is 18.2. The van der Waals surface area contributed by atoms with Crippen LogP contribution in [0, 0.1) is 28.6 Å². The van der Waals surface area contributed by atoms with Crippen molar-refractivity contribution in [3.63, 3.8) is 0 Å². The number of aliphatic hydroxyl groups excluding tert-OH is 2. The number of Topliss-reactive ketones (excluding diaryl/α,β-unsaturated/α-hetero) is 1. The largest absolute Gasteiger partial charge is 0.460 e. The van der Waals surface area contributed by atoms with Crippen molar-refractivity contribution in [3.05, 3.63) is 58.9 Å². The van der Waals surface area contributed by atoms with Gasteiger partial charge in [-0.1, -0.05) is 57.5 Å². The summed E-state index contributed by atoms with van der Waals surface area (Å²) in [6.07, 6.45) is -6.41. The van der Waals surface area contributed by atoms with Crippen LogP contribution in [-0.2, 0) is 47.6 Å². The Balaban J connectivity index is 1.71. The summed E-state index contributed by atoms with van der Waals surface area (Å²) in [5.74, 6) is -7.48. The van der Waals surface area contributed by atoms with Crippen LogP contribution in [0.25, 0.3) is 0 Å². The maximum absolute atomic E-state index is 15.5. The van der Waals surface area contributed by atoms with E-state index in [1.165, 1.54) is 19.9 Å². The van der Waals surface area contributed by atoms with Gasteiger partial charge in [0, 0.05) is 31.6 Å². The number of carbonyl (C=O) groups is 6. The first-order chi connectivity index (χ1) is 27.4. The minimum atomic E-state index is -1.93. The van der Waals surface area contributed by atoms with Gasteiger partial charge >= 0.3 is 30.0 Å². The molecule has 1 amide bonds. The molecule has 15 heteroatoms. The predicted octanol–water partition coefficient (Wildman–Crippen LogP) is 4.90. The molecule has 1 aliphatic heterocycles. The first kappa shape index (κ1) is 45.5. The number of rotatable bonds is 10. The van der Waals surface area contributed by atoms with Crippen molar-refractivity contribution in [3.8, 4) is 0 Å². The van der Waals surface area contributed by atoms with Crippen molar-refractivity contribution in [2.45, 2.75) is 143 Å². The first-order valence-electron chi connectivity index (χ1n) is 20.2. The van der Waals surface area contributed by atoms with Crippen LogP contribution in [0.2, 0.25) is 0 Å². The zero-order valence-corrected chi connectivity index (χ0v) is 35.8. The van der Waals surface area contributed by atoms with Crippen molar-refractivity contribution in [1.82, 2.24) is 5.32 Å². The van der Waals surface area contributed by atoms with Crippen molar-refractivity contribution >= 4 is 35.8 Å². The molecule has 59 heavy (non-hydrogen) atoms. The standard InChI is InChI=1S/C44H59NO14/c1-12-31(48)56-35-32-23(4)28(55-39(52)33(49)27(18-22(2)3)45-40(53)59-41(6,7)8)19-26(42(32,9)10)34(57-38(51)25-16-14-13-15-17-25)36-43(11,37(35)50)29(47)20-30-44(36,21-54-30)58-24(5)46/h13-18,23,26-30,33-34,36,47,49H,12,19-21H2,1-11H3,(H,45,53)/t23?,26?,27-,28-,29-,30+,33+,34+,36-,43+,44-/m0/s1. The van der Waals surface area contributed by atoms with Crippen molar-refractivity contribution in [2.24, 2.45) is 28.6 Å². The zero-order valence-electron chi connectivity index (χ0n) is 35.8. The van der Waals surface area contributed by atoms with E-state index in [4.69, 9.17) is 28.4 Å². The average molecular weight is 826 g/mol. The summed E-state index contributed by atoms with van der Waals surface area (Å²) in [5, 5.41) is 26.0. The summed E-state index contributed by atoms with van der Waals surface area (Å²) >= 11 is 0. The highest BCUT2D eigenvalue weighted by Crippen LogP contribution is 2.63. The van der Waals surface area contributed by atoms with Gasteiger partial charge in [-0.25, -0.2) is 14.4 Å². The molecule has 2 unspecified atom stereocenters. The molecular formula is C44H59NO14. The smallest absolute Gasteiger partial charge is 0.408 e. The maximum Gasteiger partial charge on any atom is 0.408 e. The number of fused-ring (bicyclic) bond motifs is 5. The normalized spacial score (nSPS) is 31.9. The van der Waals surface area contributed by atoms with Gasteiger partial charge in [-0.05, 0) is 71.1 Å². The van der Waals surface area contributed by atoms with Gasteiger partial charge in [-0.15, -0.1) is 0 Å². The minimum Gasteiger partial charge on any atom is -0.460 e. The number of aliphatic hydroxyl groups is 2. The Bertz CT molecular complexity index is 1890. The molecule has 3 N–H and O–H groups in total. The lowest BCUT2D eigenvalue weighted by Crippen LogP contribution is -2.78. The van der Waals surface area contributed by atoms with Crippen LogP contribution >= 0.6 is 0 Å². The third-order valence-electron chi connectivity index (χ3n) is 12.3. The molecule has 3 aliphatic carbocycles. The van der Waals surface area contributed by atoms with Crippen LogP contribution in [0.5, 0.6) is 0 Å². The number of nitrogens with one attached hydrogen (secondary N) is 1. The van der Waals surface area contributed by atoms with E-state index in [0.717, 1.165) is 0 Å². The number of esters is 4. The first-order valence-corrected chi connectivity index (χ1v) is 20.2. The summed E-state index contributed by atoms with van der Waals surface area (Å²) in [7, 11) is 0. The number of benzene rings is 1. The van der Waals surface area contributed by atoms with Gasteiger partial charge in [0.2, 0.25) is 5.78 Å². The summed E-state index contributed by atoms with van der Waals surface area (Å²) < 4.78 is 36.0. The predicted molar refractivity (Wildman–Crippen MR) is 210 cm³/mol. The van der Waals surface area contributed by atoms with Gasteiger partial charge in [0.05, 0.1) is 35.6 Å². The zero-order chi connectivity index (χ0) is 44.0. The van der Waals surface area contributed by atoms with E-state index >= 15 is 4.79 Å². The Labute approximate surface area is 345 Å². The van der Waals surface area contributed by atoms with Gasteiger partial charge in [0.25, 0.3) is 0 Å². The second kappa shape index (κ2) is 16.8. The number of ketones is 1. The molecule has 0 spiro atoms. The van der Waals surface area contributed by atoms with Crippen LogP contribution in [0.3, 0.4) is 0 Å². The summed E-state index contributed by atoms with van der Waals surface area (Å²) in [5.41, 5.74) is -4.39. The van der Waals surface area contributed by atoms with E-state index in [1.807, 2.05) is 0 Å². The Morgan fingerprint density at radius 1 is 1.02 bits per heavy atom. The monoisotopic (exact) mass is 825 g/mol. The molecular weight excluding hydrogens is 766 g/mol. The summed E-state index contributed by atoms with van der Waals surface area (Å²) in [4.78, 5) is 82.7. The minimum absolute atomic E-state index is 0.0385. The molecule has 324 valence electrons. The lowest BCUT2D eigenvalue weighted by molar-refractivity contribution is -0.334.